The van der Waals surface area contributed by atoms with Crippen LogP contribution in [0, 0.1) is 0 Å². The van der Waals surface area contributed by atoms with E-state index in [0.717, 1.165) is 16.7 Å². The van der Waals surface area contributed by atoms with E-state index in [4.69, 9.17) is 9.31 Å². The van der Waals surface area contributed by atoms with E-state index in [-0.39, 0.29) is 18.3 Å². The third-order valence-electron chi connectivity index (χ3n) is 4.29. The molecule has 0 saturated carbocycles. The standard InChI is InChI=1S/C16H19BN2O2/c1-15(2)16(3,4)21-17(20-15)13-7-10-19-14(11-13)12-5-8-18-9-6-12/h5-11H,1-4H3. The minimum absolute atomic E-state index is 0.336. The quantitative estimate of drug-likeness (QED) is 0.794. The van der Waals surface area contributed by atoms with Crippen molar-refractivity contribution in [1.82, 2.24) is 9.97 Å². The molecule has 0 bridgehead atoms. The minimum atomic E-state index is -0.362. The van der Waals surface area contributed by atoms with Gasteiger partial charge in [-0.15, -0.1) is 0 Å². The second-order valence-corrected chi connectivity index (χ2v) is 6.30. The van der Waals surface area contributed by atoms with Crippen molar-refractivity contribution in [3.63, 3.8) is 0 Å². The molecule has 0 N–H and O–H groups in total. The molecule has 3 heterocycles. The van der Waals surface area contributed by atoms with Crippen LogP contribution in [0.2, 0.25) is 0 Å². The van der Waals surface area contributed by atoms with Crippen molar-refractivity contribution in [2.45, 2.75) is 38.9 Å². The zero-order valence-electron chi connectivity index (χ0n) is 12.8. The highest BCUT2D eigenvalue weighted by Crippen LogP contribution is 2.36. The van der Waals surface area contributed by atoms with Gasteiger partial charge in [-0.05, 0) is 57.4 Å². The molecular weight excluding hydrogens is 263 g/mol. The van der Waals surface area contributed by atoms with Gasteiger partial charge in [0, 0.05) is 24.2 Å². The number of nitrogens with zero attached hydrogens (tertiary/aromatic N) is 2. The molecule has 0 radical (unpaired) electrons. The van der Waals surface area contributed by atoms with Gasteiger partial charge in [-0.1, -0.05) is 0 Å². The lowest BCUT2D eigenvalue weighted by Gasteiger charge is -2.32. The predicted molar refractivity (Wildman–Crippen MR) is 83.2 cm³/mol. The van der Waals surface area contributed by atoms with E-state index < -0.39 is 0 Å². The van der Waals surface area contributed by atoms with Gasteiger partial charge < -0.3 is 9.31 Å². The first-order valence-corrected chi connectivity index (χ1v) is 7.11. The first-order valence-electron chi connectivity index (χ1n) is 7.11. The van der Waals surface area contributed by atoms with Crippen molar-refractivity contribution >= 4 is 12.6 Å². The molecule has 0 unspecified atom stereocenters. The Morgan fingerprint density at radius 2 is 1.52 bits per heavy atom. The maximum absolute atomic E-state index is 6.08. The predicted octanol–water partition coefficient (Wildman–Crippen LogP) is 2.44. The summed E-state index contributed by atoms with van der Waals surface area (Å²) in [5.41, 5.74) is 2.23. The summed E-state index contributed by atoms with van der Waals surface area (Å²) in [6.45, 7) is 8.21. The van der Waals surface area contributed by atoms with Crippen molar-refractivity contribution in [2.24, 2.45) is 0 Å². The van der Waals surface area contributed by atoms with Crippen LogP contribution in [0.4, 0.5) is 0 Å². The molecule has 108 valence electrons. The molecule has 1 aliphatic heterocycles. The number of rotatable bonds is 2. The monoisotopic (exact) mass is 282 g/mol. The van der Waals surface area contributed by atoms with Gasteiger partial charge in [0.1, 0.15) is 0 Å². The summed E-state index contributed by atoms with van der Waals surface area (Å²) in [6.07, 6.45) is 5.31. The largest absolute Gasteiger partial charge is 0.494 e. The smallest absolute Gasteiger partial charge is 0.399 e. The Kier molecular flexibility index (Phi) is 3.34. The fourth-order valence-electron chi connectivity index (χ4n) is 2.25. The van der Waals surface area contributed by atoms with Crippen LogP contribution in [0.3, 0.4) is 0 Å². The van der Waals surface area contributed by atoms with Crippen LogP contribution in [0.15, 0.2) is 42.9 Å². The Balaban J connectivity index is 1.92. The maximum atomic E-state index is 6.08. The van der Waals surface area contributed by atoms with Crippen LogP contribution < -0.4 is 5.46 Å². The highest BCUT2D eigenvalue weighted by Gasteiger charge is 2.51. The zero-order chi connectivity index (χ0) is 15.1. The van der Waals surface area contributed by atoms with Crippen molar-refractivity contribution in [2.75, 3.05) is 0 Å². The van der Waals surface area contributed by atoms with Gasteiger partial charge in [0.15, 0.2) is 0 Å². The van der Waals surface area contributed by atoms with E-state index in [1.165, 1.54) is 0 Å². The molecule has 1 fully saturated rings. The average molecular weight is 282 g/mol. The summed E-state index contributed by atoms with van der Waals surface area (Å²) < 4.78 is 12.2. The Morgan fingerprint density at radius 3 is 2.14 bits per heavy atom. The van der Waals surface area contributed by atoms with Crippen molar-refractivity contribution in [3.8, 4) is 11.3 Å². The third-order valence-corrected chi connectivity index (χ3v) is 4.29. The van der Waals surface area contributed by atoms with Gasteiger partial charge in [0.2, 0.25) is 0 Å². The molecule has 1 aliphatic rings. The summed E-state index contributed by atoms with van der Waals surface area (Å²) in [5, 5.41) is 0. The first kappa shape index (κ1) is 14.2. The Hall–Kier alpha value is -1.72. The van der Waals surface area contributed by atoms with Crippen LogP contribution in [0.25, 0.3) is 11.3 Å². The molecule has 0 aliphatic carbocycles. The second kappa shape index (κ2) is 4.93. The van der Waals surface area contributed by atoms with Crippen LogP contribution in [0.5, 0.6) is 0 Å². The lowest BCUT2D eigenvalue weighted by molar-refractivity contribution is 0.00578. The molecule has 2 aromatic heterocycles. The zero-order valence-corrected chi connectivity index (χ0v) is 12.8. The van der Waals surface area contributed by atoms with Crippen molar-refractivity contribution in [1.29, 1.82) is 0 Å². The SMILES string of the molecule is CC1(C)OB(c2ccnc(-c3ccncc3)c2)OC1(C)C. The molecule has 0 spiro atoms. The third kappa shape index (κ3) is 2.59. The molecular formula is C16H19BN2O2. The lowest BCUT2D eigenvalue weighted by Crippen LogP contribution is -2.41. The number of aromatic nitrogens is 2. The highest BCUT2D eigenvalue weighted by atomic mass is 16.7. The van der Waals surface area contributed by atoms with Crippen molar-refractivity contribution in [3.05, 3.63) is 42.9 Å². The molecule has 21 heavy (non-hydrogen) atoms. The van der Waals surface area contributed by atoms with Crippen LogP contribution in [0.1, 0.15) is 27.7 Å². The van der Waals surface area contributed by atoms with Gasteiger partial charge in [-0.2, -0.15) is 0 Å². The highest BCUT2D eigenvalue weighted by molar-refractivity contribution is 6.62. The summed E-state index contributed by atoms with van der Waals surface area (Å²) in [7, 11) is -0.362. The minimum Gasteiger partial charge on any atom is -0.399 e. The number of hydrogen-bond donors (Lipinski definition) is 0. The van der Waals surface area contributed by atoms with Crippen LogP contribution in [-0.4, -0.2) is 28.3 Å². The molecule has 0 aromatic carbocycles. The second-order valence-electron chi connectivity index (χ2n) is 6.30. The van der Waals surface area contributed by atoms with E-state index in [1.54, 1.807) is 18.6 Å². The Morgan fingerprint density at radius 1 is 0.905 bits per heavy atom. The van der Waals surface area contributed by atoms with Gasteiger partial charge in [0.25, 0.3) is 0 Å². The molecule has 4 nitrogen and oxygen atoms in total. The molecule has 2 aromatic rings. The molecule has 3 rings (SSSR count). The fraction of sp³-hybridized carbons (Fsp3) is 0.375. The van der Waals surface area contributed by atoms with Gasteiger partial charge in [-0.25, -0.2) is 0 Å². The van der Waals surface area contributed by atoms with Crippen LogP contribution in [-0.2, 0) is 9.31 Å². The van der Waals surface area contributed by atoms with E-state index >= 15 is 0 Å². The van der Waals surface area contributed by atoms with Crippen molar-refractivity contribution < 1.29 is 9.31 Å². The van der Waals surface area contributed by atoms with E-state index in [9.17, 15) is 0 Å². The average Bonchev–Trinajstić information content (AvgIpc) is 2.69. The fourth-order valence-corrected chi connectivity index (χ4v) is 2.25. The van der Waals surface area contributed by atoms with Crippen LogP contribution >= 0.6 is 0 Å². The topological polar surface area (TPSA) is 44.2 Å². The Labute approximate surface area is 125 Å². The summed E-state index contributed by atoms with van der Waals surface area (Å²) >= 11 is 0. The van der Waals surface area contributed by atoms with E-state index in [2.05, 4.69) is 37.7 Å². The summed E-state index contributed by atoms with van der Waals surface area (Å²) in [4.78, 5) is 8.45. The first-order chi connectivity index (χ1) is 9.89. The summed E-state index contributed by atoms with van der Waals surface area (Å²) in [6, 6.07) is 7.83. The lowest BCUT2D eigenvalue weighted by atomic mass is 9.79. The van der Waals surface area contributed by atoms with Gasteiger partial charge in [0.05, 0.1) is 16.9 Å². The summed E-state index contributed by atoms with van der Waals surface area (Å²) in [5.74, 6) is 0. The number of hydrogen-bond acceptors (Lipinski definition) is 4. The van der Waals surface area contributed by atoms with Gasteiger partial charge in [-0.3, -0.25) is 9.97 Å². The van der Waals surface area contributed by atoms with E-state index in [1.807, 2.05) is 24.3 Å². The molecule has 0 amide bonds. The molecule has 0 atom stereocenters. The Bertz CT molecular complexity index is 628. The van der Waals surface area contributed by atoms with Gasteiger partial charge >= 0.3 is 7.12 Å². The maximum Gasteiger partial charge on any atom is 0.494 e. The normalized spacial score (nSPS) is 19.7. The molecule has 1 saturated heterocycles. The van der Waals surface area contributed by atoms with E-state index in [0.29, 0.717) is 0 Å². The number of pyridine rings is 2. The molecule has 5 heteroatoms.